The van der Waals surface area contributed by atoms with Crippen LogP contribution in [0.4, 0.5) is 0 Å². The van der Waals surface area contributed by atoms with Crippen molar-refractivity contribution in [2.45, 2.75) is 0 Å². The van der Waals surface area contributed by atoms with Crippen molar-refractivity contribution >= 4 is 8.25 Å². The molecule has 0 unspecified atom stereocenters. The summed E-state index contributed by atoms with van der Waals surface area (Å²) < 4.78 is 8.74. The maximum atomic E-state index is 8.74. The Morgan fingerprint density at radius 1 is 1.75 bits per heavy atom. The molecule has 0 saturated carbocycles. The molecule has 0 aliphatic rings. The van der Waals surface area contributed by atoms with E-state index in [-0.39, 0.29) is 1.43 Å². The Morgan fingerprint density at radius 3 is 1.75 bits per heavy atom. The Bertz CT molecular complexity index is 29.9. The molecular weight excluding hydrogens is 79.0 g/mol. The molecule has 0 bridgehead atoms. The van der Waals surface area contributed by atoms with Crippen molar-refractivity contribution in [1.29, 1.82) is 0 Å². The lowest BCUT2D eigenvalue weighted by atomic mass is 15.8. The fourth-order valence-corrected chi connectivity index (χ4v) is 0. The van der Waals surface area contributed by atoms with E-state index >= 15 is 0 Å². The lowest BCUT2D eigenvalue weighted by Gasteiger charge is -1.61. The van der Waals surface area contributed by atoms with E-state index in [1.807, 2.05) is 0 Å². The van der Waals surface area contributed by atoms with Gasteiger partial charge in [0.25, 0.3) is 0 Å². The van der Waals surface area contributed by atoms with Gasteiger partial charge in [-0.2, -0.15) is 0 Å². The third kappa shape index (κ3) is 126. The van der Waals surface area contributed by atoms with Crippen molar-refractivity contribution in [2.24, 2.45) is 0 Å². The molecule has 0 heterocycles. The highest BCUT2D eigenvalue weighted by Gasteiger charge is 1.61. The highest BCUT2D eigenvalue weighted by Crippen LogP contribution is 1.98. The van der Waals surface area contributed by atoms with E-state index in [4.69, 9.17) is 14.4 Å². The Labute approximate surface area is 25.3 Å². The number of rotatable bonds is 0. The molecule has 0 aliphatic heterocycles. The van der Waals surface area contributed by atoms with E-state index in [0.29, 0.717) is 0 Å². The fraction of sp³-hybridized carbons (Fsp3) is 0. The largest absolute Gasteiger partial charge is 1.00 e. The summed E-state index contributed by atoms with van der Waals surface area (Å²) >= 11 is 0. The second-order valence-corrected chi connectivity index (χ2v) is 0.848. The van der Waals surface area contributed by atoms with Gasteiger partial charge in [-0.1, -0.05) is 0 Å². The van der Waals surface area contributed by atoms with Gasteiger partial charge in [0.1, 0.15) is 0 Å². The molecule has 0 amide bonds. The van der Waals surface area contributed by atoms with Crippen LogP contribution in [-0.4, -0.2) is 9.79 Å². The van der Waals surface area contributed by atoms with Gasteiger partial charge < -0.3 is 9.79 Å². The van der Waals surface area contributed by atoms with Gasteiger partial charge in [0.15, 0.2) is 0 Å². The average Bonchev–Trinajstić information content (AvgIpc) is 0.811. The first-order chi connectivity index (χ1) is 1.73. The lowest BCUT2D eigenvalue weighted by Crippen LogP contribution is -1.38. The minimum Gasteiger partial charge on any atom is -0.326 e. The molecule has 0 aromatic rings. The van der Waals surface area contributed by atoms with E-state index in [2.05, 4.69) is 0 Å². The second-order valence-electron chi connectivity index (χ2n) is 0.283. The van der Waals surface area contributed by atoms with Gasteiger partial charge in [-0.3, -0.25) is 4.57 Å². The van der Waals surface area contributed by atoms with Gasteiger partial charge in [0.2, 0.25) is 0 Å². The van der Waals surface area contributed by atoms with Gasteiger partial charge in [0, 0.05) is 0 Å². The zero-order chi connectivity index (χ0) is 3.58. The maximum Gasteiger partial charge on any atom is 1.00 e. The molecule has 0 saturated heterocycles. The summed E-state index contributed by atoms with van der Waals surface area (Å²) in [6.07, 6.45) is 0. The van der Waals surface area contributed by atoms with Crippen LogP contribution >= 0.6 is 8.25 Å². The van der Waals surface area contributed by atoms with Gasteiger partial charge in [-0.05, 0) is 0 Å². The summed E-state index contributed by atoms with van der Waals surface area (Å²) in [7, 11) is -3.13. The second kappa shape index (κ2) is 1.47. The fourth-order valence-electron chi connectivity index (χ4n) is 0. The van der Waals surface area contributed by atoms with Crippen LogP contribution in [0, 0.1) is 0 Å². The number of hydrogen-bond acceptors (Lipinski definition) is 1. The first-order valence-corrected chi connectivity index (χ1v) is 1.95. The van der Waals surface area contributed by atoms with Gasteiger partial charge in [0.05, 0.1) is 0 Å². The van der Waals surface area contributed by atoms with E-state index < -0.39 is 8.25 Å². The van der Waals surface area contributed by atoms with Crippen molar-refractivity contribution in [3.63, 3.8) is 0 Å². The van der Waals surface area contributed by atoms with E-state index in [9.17, 15) is 0 Å². The Balaban J connectivity index is 0. The summed E-state index contributed by atoms with van der Waals surface area (Å²) in [5, 5.41) is 0. The van der Waals surface area contributed by atoms with Crippen molar-refractivity contribution in [1.82, 2.24) is 0 Å². The molecule has 0 radical (unpaired) electrons. The minimum atomic E-state index is -3.13. The van der Waals surface area contributed by atoms with Crippen LogP contribution in [0.2, 0.25) is 0 Å². The van der Waals surface area contributed by atoms with Crippen molar-refractivity contribution < 1.29 is 15.8 Å². The molecular formula is H4O3P+. The topological polar surface area (TPSA) is 57.5 Å². The van der Waals surface area contributed by atoms with Gasteiger partial charge in [-0.25, -0.2) is 0 Å². The van der Waals surface area contributed by atoms with Crippen LogP contribution in [0.15, 0.2) is 0 Å². The normalized spacial score (nSPS) is 8.75. The van der Waals surface area contributed by atoms with Crippen LogP contribution < -0.4 is 0 Å². The lowest BCUT2D eigenvalue weighted by molar-refractivity contribution is 0.405. The predicted molar refractivity (Wildman–Crippen MR) is 14.6 cm³/mol. The molecule has 0 aromatic heterocycles. The molecule has 0 aromatic carbocycles. The van der Waals surface area contributed by atoms with Gasteiger partial charge >= 0.3 is 9.68 Å². The molecule has 0 fully saturated rings. The third-order valence-electron chi connectivity index (χ3n) is 0. The van der Waals surface area contributed by atoms with Crippen LogP contribution in [0.5, 0.6) is 0 Å². The van der Waals surface area contributed by atoms with Crippen LogP contribution in [0.25, 0.3) is 0 Å². The first-order valence-electron chi connectivity index (χ1n) is 0.651. The maximum absolute atomic E-state index is 8.74. The van der Waals surface area contributed by atoms with Crippen LogP contribution in [0.3, 0.4) is 0 Å². The first kappa shape index (κ1) is 4.15. The summed E-state index contributed by atoms with van der Waals surface area (Å²) in [4.78, 5) is 14.3. The minimum absolute atomic E-state index is 0. The van der Waals surface area contributed by atoms with Crippen molar-refractivity contribution in [3.8, 4) is 0 Å². The average molecular weight is 83.0 g/mol. The highest BCUT2D eigenvalue weighted by atomic mass is 31.1. The molecule has 3 nitrogen and oxygen atoms in total. The zero-order valence-electron chi connectivity index (χ0n) is 2.80. The molecule has 0 aliphatic carbocycles. The smallest absolute Gasteiger partial charge is 0.326 e. The SMILES string of the molecule is O=[PH](O)O.[H+]. The highest BCUT2D eigenvalue weighted by molar-refractivity contribution is 7.30. The van der Waals surface area contributed by atoms with Crippen LogP contribution in [0.1, 0.15) is 1.43 Å². The standard InChI is InChI=1S/H3O3P/c1-4(2)3/h4H,(H2,1,2,3)/p+1. The zero-order valence-corrected chi connectivity index (χ0v) is 2.80. The molecule has 2 N–H and O–H groups in total. The third-order valence-corrected chi connectivity index (χ3v) is 0. The monoisotopic (exact) mass is 83.0 g/mol. The van der Waals surface area contributed by atoms with E-state index in [1.165, 1.54) is 0 Å². The Hall–Kier alpha value is 0.150. The summed E-state index contributed by atoms with van der Waals surface area (Å²) in [5.41, 5.74) is 0. The van der Waals surface area contributed by atoms with Crippen LogP contribution in [-0.2, 0) is 4.57 Å². The number of hydrogen-bond donors (Lipinski definition) is 2. The molecule has 26 valence electrons. The predicted octanol–water partition coefficient (Wildman–Crippen LogP) is -0.527. The molecule has 0 atom stereocenters. The Kier molecular flexibility index (Phi) is 1.52. The van der Waals surface area contributed by atoms with Crippen molar-refractivity contribution in [2.75, 3.05) is 0 Å². The summed E-state index contributed by atoms with van der Waals surface area (Å²) in [6.45, 7) is 0. The van der Waals surface area contributed by atoms with E-state index in [1.54, 1.807) is 0 Å². The Morgan fingerprint density at radius 2 is 1.75 bits per heavy atom. The molecule has 4 heteroatoms. The van der Waals surface area contributed by atoms with Gasteiger partial charge in [-0.15, -0.1) is 0 Å². The summed E-state index contributed by atoms with van der Waals surface area (Å²) in [5.74, 6) is 0. The van der Waals surface area contributed by atoms with Crippen molar-refractivity contribution in [3.05, 3.63) is 0 Å². The van der Waals surface area contributed by atoms with E-state index in [0.717, 1.165) is 0 Å². The summed E-state index contributed by atoms with van der Waals surface area (Å²) in [6, 6.07) is 0. The molecule has 0 rings (SSSR count). The molecule has 0 spiro atoms. The molecule has 4 heavy (non-hydrogen) atoms. The quantitative estimate of drug-likeness (QED) is 0.387.